The molecule has 0 aliphatic rings. The number of amides is 2. The Hall–Kier alpha value is -2.41. The van der Waals surface area contributed by atoms with Crippen LogP contribution in [-0.2, 0) is 14.3 Å². The number of anilines is 1. The zero-order valence-electron chi connectivity index (χ0n) is 15.3. The van der Waals surface area contributed by atoms with Gasteiger partial charge in [-0.2, -0.15) is 0 Å². The summed E-state index contributed by atoms with van der Waals surface area (Å²) < 4.78 is 4.99. The number of likely N-dealkylation sites (N-methyl/N-ethyl adjacent to an activating group) is 1. The Morgan fingerprint density at radius 1 is 1.08 bits per heavy atom. The molecule has 2 amide bonds. The van der Waals surface area contributed by atoms with E-state index in [1.165, 1.54) is 0 Å². The third-order valence-electron chi connectivity index (χ3n) is 3.33. The molecule has 0 saturated heterocycles. The van der Waals surface area contributed by atoms with Crippen molar-refractivity contribution in [1.82, 2.24) is 10.2 Å². The van der Waals surface area contributed by atoms with E-state index in [0.29, 0.717) is 17.8 Å². The van der Waals surface area contributed by atoms with Gasteiger partial charge in [0.15, 0.2) is 0 Å². The third kappa shape index (κ3) is 7.34. The van der Waals surface area contributed by atoms with Crippen molar-refractivity contribution in [2.24, 2.45) is 0 Å². The first-order valence-corrected chi connectivity index (χ1v) is 8.45. The smallest absolute Gasteiger partial charge is 0.340 e. The molecule has 0 heterocycles. The van der Waals surface area contributed by atoms with Gasteiger partial charge in [-0.15, -0.1) is 0 Å². The molecule has 0 bridgehead atoms. The monoisotopic (exact) mass is 349 g/mol. The molecule has 7 nitrogen and oxygen atoms in total. The molecule has 0 aliphatic carbocycles. The van der Waals surface area contributed by atoms with Crippen LogP contribution in [0.2, 0.25) is 0 Å². The Balaban J connectivity index is 2.69. The highest BCUT2D eigenvalue weighted by atomic mass is 16.5. The molecule has 0 aliphatic heterocycles. The highest BCUT2D eigenvalue weighted by molar-refractivity contribution is 6.01. The minimum atomic E-state index is -0.484. The van der Waals surface area contributed by atoms with Gasteiger partial charge >= 0.3 is 5.97 Å². The lowest BCUT2D eigenvalue weighted by Gasteiger charge is -2.20. The second-order valence-corrected chi connectivity index (χ2v) is 5.84. The Morgan fingerprint density at radius 3 is 2.32 bits per heavy atom. The number of esters is 1. The Labute approximate surface area is 148 Å². The van der Waals surface area contributed by atoms with Crippen molar-refractivity contribution in [1.29, 1.82) is 0 Å². The van der Waals surface area contributed by atoms with E-state index in [9.17, 15) is 14.4 Å². The average Bonchev–Trinajstić information content (AvgIpc) is 2.54. The fourth-order valence-electron chi connectivity index (χ4n) is 2.22. The lowest BCUT2D eigenvalue weighted by Crippen LogP contribution is -2.42. The van der Waals surface area contributed by atoms with Crippen LogP contribution in [-0.4, -0.2) is 55.0 Å². The third-order valence-corrected chi connectivity index (χ3v) is 3.33. The lowest BCUT2D eigenvalue weighted by molar-refractivity contribution is -0.123. The summed E-state index contributed by atoms with van der Waals surface area (Å²) in [5, 5.41) is 5.51. The van der Waals surface area contributed by atoms with Crippen LogP contribution >= 0.6 is 0 Å². The first kappa shape index (κ1) is 20.6. The van der Waals surface area contributed by atoms with Gasteiger partial charge in [-0.05, 0) is 39.4 Å². The van der Waals surface area contributed by atoms with E-state index in [1.807, 2.05) is 20.8 Å². The minimum Gasteiger partial charge on any atom is -0.462 e. The van der Waals surface area contributed by atoms with Gasteiger partial charge in [0.2, 0.25) is 11.8 Å². The quantitative estimate of drug-likeness (QED) is 0.662. The summed E-state index contributed by atoms with van der Waals surface area (Å²) in [5.74, 6) is -0.908. The highest BCUT2D eigenvalue weighted by Crippen LogP contribution is 2.16. The van der Waals surface area contributed by atoms with E-state index in [1.54, 1.807) is 36.1 Å². The van der Waals surface area contributed by atoms with E-state index in [-0.39, 0.29) is 37.6 Å². The number of benzene rings is 1. The molecular weight excluding hydrogens is 322 g/mol. The number of para-hydroxylation sites is 1. The summed E-state index contributed by atoms with van der Waals surface area (Å²) in [6.07, 6.45) is 0. The normalized spacial score (nSPS) is 10.6. The minimum absolute atomic E-state index is 0.0523. The number of rotatable bonds is 9. The van der Waals surface area contributed by atoms with Crippen molar-refractivity contribution in [2.75, 3.05) is 31.6 Å². The maximum atomic E-state index is 12.3. The average molecular weight is 349 g/mol. The SMILES string of the molecule is CCOC(=O)c1ccccc1NC(=O)CN(CC)CC(=O)NC(C)C. The van der Waals surface area contributed by atoms with Crippen molar-refractivity contribution in [3.05, 3.63) is 29.8 Å². The van der Waals surface area contributed by atoms with E-state index < -0.39 is 5.97 Å². The predicted molar refractivity (Wildman–Crippen MR) is 96.4 cm³/mol. The Morgan fingerprint density at radius 2 is 1.72 bits per heavy atom. The predicted octanol–water partition coefficient (Wildman–Crippen LogP) is 1.65. The molecule has 0 fully saturated rings. The zero-order chi connectivity index (χ0) is 18.8. The van der Waals surface area contributed by atoms with Gasteiger partial charge in [0.25, 0.3) is 0 Å². The standard InChI is InChI=1S/C18H27N3O4/c1-5-21(11-16(22)19-13(3)4)12-17(23)20-15-10-8-7-9-14(15)18(24)25-6-2/h7-10,13H,5-6,11-12H2,1-4H3,(H,19,22)(H,20,23). The van der Waals surface area contributed by atoms with Crippen LogP contribution in [0.5, 0.6) is 0 Å². The highest BCUT2D eigenvalue weighted by Gasteiger charge is 2.17. The van der Waals surface area contributed by atoms with E-state index in [0.717, 1.165) is 0 Å². The van der Waals surface area contributed by atoms with Gasteiger partial charge in [0, 0.05) is 6.04 Å². The van der Waals surface area contributed by atoms with Gasteiger partial charge in [0.05, 0.1) is 30.9 Å². The fraction of sp³-hybridized carbons (Fsp3) is 0.500. The maximum absolute atomic E-state index is 12.3. The number of carbonyl (C=O) groups is 3. The summed E-state index contributed by atoms with van der Waals surface area (Å²) in [6.45, 7) is 8.37. The van der Waals surface area contributed by atoms with Crippen LogP contribution in [0.3, 0.4) is 0 Å². The van der Waals surface area contributed by atoms with Gasteiger partial charge in [-0.25, -0.2) is 4.79 Å². The summed E-state index contributed by atoms with van der Waals surface area (Å²) in [7, 11) is 0. The van der Waals surface area contributed by atoms with Crippen LogP contribution in [0.4, 0.5) is 5.69 Å². The number of nitrogens with zero attached hydrogens (tertiary/aromatic N) is 1. The van der Waals surface area contributed by atoms with E-state index in [2.05, 4.69) is 10.6 Å². The Bertz CT molecular complexity index is 602. The molecule has 2 N–H and O–H groups in total. The molecule has 25 heavy (non-hydrogen) atoms. The summed E-state index contributed by atoms with van der Waals surface area (Å²) in [6, 6.07) is 6.73. The summed E-state index contributed by atoms with van der Waals surface area (Å²) >= 11 is 0. The van der Waals surface area contributed by atoms with E-state index in [4.69, 9.17) is 4.74 Å². The molecule has 1 rings (SSSR count). The number of ether oxygens (including phenoxy) is 1. The van der Waals surface area contributed by atoms with Gasteiger partial charge in [-0.1, -0.05) is 19.1 Å². The molecular formula is C18H27N3O4. The molecule has 0 spiro atoms. The summed E-state index contributed by atoms with van der Waals surface area (Å²) in [4.78, 5) is 37.8. The first-order chi connectivity index (χ1) is 11.9. The molecule has 1 aromatic carbocycles. The number of carbonyl (C=O) groups excluding carboxylic acids is 3. The lowest BCUT2D eigenvalue weighted by atomic mass is 10.2. The van der Waals surface area contributed by atoms with Crippen LogP contribution in [0.1, 0.15) is 38.1 Å². The van der Waals surface area contributed by atoms with Crippen molar-refractivity contribution < 1.29 is 19.1 Å². The molecule has 7 heteroatoms. The molecule has 0 aromatic heterocycles. The second-order valence-electron chi connectivity index (χ2n) is 5.84. The number of hydrogen-bond donors (Lipinski definition) is 2. The zero-order valence-corrected chi connectivity index (χ0v) is 15.3. The molecule has 1 aromatic rings. The molecule has 0 unspecified atom stereocenters. The van der Waals surface area contributed by atoms with Gasteiger partial charge < -0.3 is 15.4 Å². The molecule has 0 saturated carbocycles. The van der Waals surface area contributed by atoms with Gasteiger partial charge in [-0.3, -0.25) is 14.5 Å². The molecule has 138 valence electrons. The van der Waals surface area contributed by atoms with Crippen molar-refractivity contribution >= 4 is 23.5 Å². The van der Waals surface area contributed by atoms with Crippen molar-refractivity contribution in [3.8, 4) is 0 Å². The van der Waals surface area contributed by atoms with Crippen LogP contribution in [0, 0.1) is 0 Å². The first-order valence-electron chi connectivity index (χ1n) is 8.45. The van der Waals surface area contributed by atoms with Crippen molar-refractivity contribution in [3.63, 3.8) is 0 Å². The van der Waals surface area contributed by atoms with Crippen molar-refractivity contribution in [2.45, 2.75) is 33.7 Å². The van der Waals surface area contributed by atoms with E-state index >= 15 is 0 Å². The second kappa shape index (κ2) is 10.5. The van der Waals surface area contributed by atoms with Crippen LogP contribution in [0.15, 0.2) is 24.3 Å². The topological polar surface area (TPSA) is 87.7 Å². The molecule has 0 atom stereocenters. The number of nitrogens with one attached hydrogen (secondary N) is 2. The number of hydrogen-bond acceptors (Lipinski definition) is 5. The Kier molecular flexibility index (Phi) is 8.63. The largest absolute Gasteiger partial charge is 0.462 e. The fourth-order valence-corrected chi connectivity index (χ4v) is 2.22. The van der Waals surface area contributed by atoms with Gasteiger partial charge in [0.1, 0.15) is 0 Å². The molecule has 0 radical (unpaired) electrons. The summed E-state index contributed by atoms with van der Waals surface area (Å²) in [5.41, 5.74) is 0.701. The van der Waals surface area contributed by atoms with Crippen LogP contribution in [0.25, 0.3) is 0 Å². The van der Waals surface area contributed by atoms with Crippen LogP contribution < -0.4 is 10.6 Å². The maximum Gasteiger partial charge on any atom is 0.340 e.